The summed E-state index contributed by atoms with van der Waals surface area (Å²) in [7, 11) is 0. The Morgan fingerprint density at radius 3 is 2.45 bits per heavy atom. The van der Waals surface area contributed by atoms with Gasteiger partial charge in [0, 0.05) is 5.69 Å². The summed E-state index contributed by atoms with van der Waals surface area (Å²) in [6.07, 6.45) is 1.75. The molecule has 0 heterocycles. The number of benzene rings is 2. The van der Waals surface area contributed by atoms with Crippen molar-refractivity contribution in [3.8, 4) is 5.75 Å². The number of nitrogen functional groups attached to an aromatic ring is 1. The second kappa shape index (κ2) is 6.42. The molecule has 0 aliphatic carbocycles. The monoisotopic (exact) mass is 273 g/mol. The Hall–Kier alpha value is -2.03. The van der Waals surface area contributed by atoms with Gasteiger partial charge in [-0.1, -0.05) is 26.0 Å². The lowest BCUT2D eigenvalue weighted by Crippen LogP contribution is -2.04. The van der Waals surface area contributed by atoms with Gasteiger partial charge in [-0.05, 0) is 53.8 Å². The Bertz CT molecular complexity index is 596. The van der Waals surface area contributed by atoms with Crippen molar-refractivity contribution < 1.29 is 9.13 Å². The van der Waals surface area contributed by atoms with E-state index in [9.17, 15) is 4.39 Å². The molecule has 2 aromatic rings. The highest BCUT2D eigenvalue weighted by Crippen LogP contribution is 2.29. The van der Waals surface area contributed by atoms with Gasteiger partial charge in [0.05, 0.1) is 0 Å². The van der Waals surface area contributed by atoms with Crippen LogP contribution in [0.5, 0.6) is 5.75 Å². The fourth-order valence-electron chi connectivity index (χ4n) is 2.42. The van der Waals surface area contributed by atoms with E-state index >= 15 is 0 Å². The van der Waals surface area contributed by atoms with Gasteiger partial charge in [-0.2, -0.15) is 0 Å². The minimum atomic E-state index is -0.242. The van der Waals surface area contributed by atoms with Crippen molar-refractivity contribution in [2.45, 2.75) is 33.3 Å². The Labute approximate surface area is 119 Å². The third-order valence-electron chi connectivity index (χ3n) is 3.41. The summed E-state index contributed by atoms with van der Waals surface area (Å²) in [4.78, 5) is 0. The maximum absolute atomic E-state index is 13.1. The lowest BCUT2D eigenvalue weighted by atomic mass is 10.00. The van der Waals surface area contributed by atoms with E-state index in [1.807, 2.05) is 18.2 Å². The molecule has 0 aliphatic rings. The van der Waals surface area contributed by atoms with Crippen LogP contribution in [-0.2, 0) is 19.4 Å². The first-order chi connectivity index (χ1) is 9.65. The van der Waals surface area contributed by atoms with Crippen LogP contribution < -0.4 is 10.5 Å². The van der Waals surface area contributed by atoms with Crippen LogP contribution in [0.15, 0.2) is 36.4 Å². The van der Waals surface area contributed by atoms with E-state index < -0.39 is 0 Å². The van der Waals surface area contributed by atoms with Gasteiger partial charge < -0.3 is 10.5 Å². The topological polar surface area (TPSA) is 35.2 Å². The van der Waals surface area contributed by atoms with E-state index in [1.165, 1.54) is 12.1 Å². The molecule has 2 aromatic carbocycles. The van der Waals surface area contributed by atoms with Crippen molar-refractivity contribution in [2.24, 2.45) is 0 Å². The van der Waals surface area contributed by atoms with Crippen molar-refractivity contribution in [3.05, 3.63) is 58.9 Å². The summed E-state index contributed by atoms with van der Waals surface area (Å²) < 4.78 is 19.0. The van der Waals surface area contributed by atoms with Crippen LogP contribution in [0, 0.1) is 5.82 Å². The minimum Gasteiger partial charge on any atom is -0.489 e. The van der Waals surface area contributed by atoms with E-state index in [-0.39, 0.29) is 5.82 Å². The van der Waals surface area contributed by atoms with Crippen molar-refractivity contribution in [2.75, 3.05) is 5.73 Å². The van der Waals surface area contributed by atoms with Crippen LogP contribution in [-0.4, -0.2) is 0 Å². The Balaban J connectivity index is 2.21. The SMILES string of the molecule is CCc1c(N)ccc(OCc2cccc(F)c2)c1CC. The molecule has 2 nitrogen and oxygen atoms in total. The molecule has 0 aromatic heterocycles. The number of rotatable bonds is 5. The number of halogens is 1. The molecular formula is C17H20FNO. The summed E-state index contributed by atoms with van der Waals surface area (Å²) in [5, 5.41) is 0. The number of nitrogens with two attached hydrogens (primary N) is 1. The number of hydrogen-bond acceptors (Lipinski definition) is 2. The van der Waals surface area contributed by atoms with Crippen molar-refractivity contribution in [3.63, 3.8) is 0 Å². The fourth-order valence-corrected chi connectivity index (χ4v) is 2.42. The molecule has 0 saturated carbocycles. The van der Waals surface area contributed by atoms with Gasteiger partial charge in [0.15, 0.2) is 0 Å². The first kappa shape index (κ1) is 14.4. The average Bonchev–Trinajstić information content (AvgIpc) is 2.45. The first-order valence-electron chi connectivity index (χ1n) is 6.93. The molecule has 2 rings (SSSR count). The molecule has 0 bridgehead atoms. The Kier molecular flexibility index (Phi) is 4.61. The number of ether oxygens (including phenoxy) is 1. The molecule has 0 unspecified atom stereocenters. The van der Waals surface area contributed by atoms with Gasteiger partial charge in [0.1, 0.15) is 18.2 Å². The van der Waals surface area contributed by atoms with Crippen molar-refractivity contribution in [1.29, 1.82) is 0 Å². The summed E-state index contributed by atoms with van der Waals surface area (Å²) in [6.45, 7) is 4.53. The molecule has 0 fully saturated rings. The molecule has 0 radical (unpaired) electrons. The molecule has 106 valence electrons. The van der Waals surface area contributed by atoms with Crippen LogP contribution in [0.1, 0.15) is 30.5 Å². The molecule has 0 saturated heterocycles. The molecule has 0 atom stereocenters. The van der Waals surface area contributed by atoms with Crippen LogP contribution in [0.25, 0.3) is 0 Å². The van der Waals surface area contributed by atoms with Gasteiger partial charge >= 0.3 is 0 Å². The minimum absolute atomic E-state index is 0.242. The summed E-state index contributed by atoms with van der Waals surface area (Å²) >= 11 is 0. The number of anilines is 1. The van der Waals surface area contributed by atoms with E-state index in [2.05, 4.69) is 13.8 Å². The van der Waals surface area contributed by atoms with Gasteiger partial charge in [-0.15, -0.1) is 0 Å². The second-order valence-corrected chi connectivity index (χ2v) is 4.74. The predicted octanol–water partition coefficient (Wildman–Crippen LogP) is 4.11. The van der Waals surface area contributed by atoms with Gasteiger partial charge in [0.2, 0.25) is 0 Å². The molecular weight excluding hydrogens is 253 g/mol. The predicted molar refractivity (Wildman–Crippen MR) is 80.3 cm³/mol. The van der Waals surface area contributed by atoms with Crippen molar-refractivity contribution >= 4 is 5.69 Å². The third-order valence-corrected chi connectivity index (χ3v) is 3.41. The maximum Gasteiger partial charge on any atom is 0.123 e. The van der Waals surface area contributed by atoms with E-state index in [0.717, 1.165) is 41.0 Å². The number of hydrogen-bond donors (Lipinski definition) is 1. The Morgan fingerprint density at radius 2 is 1.80 bits per heavy atom. The summed E-state index contributed by atoms with van der Waals surface area (Å²) in [5.74, 6) is 0.594. The zero-order chi connectivity index (χ0) is 14.5. The van der Waals surface area contributed by atoms with E-state index in [0.29, 0.717) is 6.61 Å². The molecule has 2 N–H and O–H groups in total. The van der Waals surface area contributed by atoms with Crippen molar-refractivity contribution in [1.82, 2.24) is 0 Å². The molecule has 0 amide bonds. The standard InChI is InChI=1S/C17H20FNO/c1-3-14-15(4-2)17(9-8-16(14)19)20-11-12-6-5-7-13(18)10-12/h5-10H,3-4,11,19H2,1-2H3. The van der Waals surface area contributed by atoms with E-state index in [4.69, 9.17) is 10.5 Å². The molecule has 0 aliphatic heterocycles. The highest BCUT2D eigenvalue weighted by molar-refractivity contribution is 5.56. The first-order valence-corrected chi connectivity index (χ1v) is 6.93. The van der Waals surface area contributed by atoms with Crippen LogP contribution >= 0.6 is 0 Å². The van der Waals surface area contributed by atoms with E-state index in [1.54, 1.807) is 6.07 Å². The summed E-state index contributed by atoms with van der Waals surface area (Å²) in [6, 6.07) is 10.2. The summed E-state index contributed by atoms with van der Waals surface area (Å²) in [5.41, 5.74) is 9.91. The fraction of sp³-hybridized carbons (Fsp3) is 0.294. The van der Waals surface area contributed by atoms with Gasteiger partial charge in [0.25, 0.3) is 0 Å². The highest BCUT2D eigenvalue weighted by atomic mass is 19.1. The highest BCUT2D eigenvalue weighted by Gasteiger charge is 2.10. The molecule has 20 heavy (non-hydrogen) atoms. The maximum atomic E-state index is 13.1. The third kappa shape index (κ3) is 3.10. The van der Waals surface area contributed by atoms with Crippen LogP contribution in [0.2, 0.25) is 0 Å². The van der Waals surface area contributed by atoms with Crippen LogP contribution in [0.3, 0.4) is 0 Å². The smallest absolute Gasteiger partial charge is 0.123 e. The largest absolute Gasteiger partial charge is 0.489 e. The van der Waals surface area contributed by atoms with Gasteiger partial charge in [-0.3, -0.25) is 0 Å². The quantitative estimate of drug-likeness (QED) is 0.832. The zero-order valence-electron chi connectivity index (χ0n) is 11.9. The second-order valence-electron chi connectivity index (χ2n) is 4.74. The lowest BCUT2D eigenvalue weighted by Gasteiger charge is -2.16. The average molecular weight is 273 g/mol. The zero-order valence-corrected chi connectivity index (χ0v) is 11.9. The molecule has 3 heteroatoms. The van der Waals surface area contributed by atoms with Gasteiger partial charge in [-0.25, -0.2) is 4.39 Å². The van der Waals surface area contributed by atoms with Crippen LogP contribution in [0.4, 0.5) is 10.1 Å². The molecule has 0 spiro atoms. The lowest BCUT2D eigenvalue weighted by molar-refractivity contribution is 0.302. The normalized spacial score (nSPS) is 10.6. The Morgan fingerprint density at radius 1 is 1.05 bits per heavy atom.